The van der Waals surface area contributed by atoms with Crippen molar-refractivity contribution in [1.82, 2.24) is 9.55 Å². The van der Waals surface area contributed by atoms with E-state index >= 15 is 0 Å². The second kappa shape index (κ2) is 5.97. The van der Waals surface area contributed by atoms with E-state index in [1.54, 1.807) is 16.3 Å². The lowest BCUT2D eigenvalue weighted by molar-refractivity contribution is 0.641. The predicted octanol–water partition coefficient (Wildman–Crippen LogP) is 2.25. The van der Waals surface area contributed by atoms with Crippen LogP contribution in [0.2, 0.25) is 5.15 Å². The van der Waals surface area contributed by atoms with Crippen molar-refractivity contribution in [1.29, 1.82) is 0 Å². The molecule has 0 saturated heterocycles. The van der Waals surface area contributed by atoms with Gasteiger partial charge in [0.25, 0.3) is 5.56 Å². The molecule has 0 aliphatic heterocycles. The van der Waals surface area contributed by atoms with Crippen molar-refractivity contribution in [3.05, 3.63) is 25.4 Å². The Bertz CT molecular complexity index is 369. The Morgan fingerprint density at radius 2 is 2.43 bits per heavy atom. The minimum absolute atomic E-state index is 0.0493. The number of rotatable bonds is 4. The lowest BCUT2D eigenvalue weighted by Crippen LogP contribution is -2.23. The standard InChI is InChI=1S/C8H10ClIN2OS/c1-14-4-2-3-12-5-11-7(9)6(10)8(12)13/h5H,2-4H2,1H3. The Morgan fingerprint density at radius 1 is 1.71 bits per heavy atom. The molecule has 14 heavy (non-hydrogen) atoms. The maximum atomic E-state index is 11.6. The summed E-state index contributed by atoms with van der Waals surface area (Å²) in [5.41, 5.74) is -0.0493. The largest absolute Gasteiger partial charge is 0.298 e. The van der Waals surface area contributed by atoms with Crippen molar-refractivity contribution in [3.63, 3.8) is 0 Å². The summed E-state index contributed by atoms with van der Waals surface area (Å²) in [5.74, 6) is 1.05. The average molecular weight is 345 g/mol. The molecule has 0 bridgehead atoms. The molecule has 0 radical (unpaired) electrons. The zero-order chi connectivity index (χ0) is 10.6. The summed E-state index contributed by atoms with van der Waals surface area (Å²) >= 11 is 9.40. The van der Waals surface area contributed by atoms with E-state index in [0.29, 0.717) is 10.1 Å². The molecule has 1 aromatic heterocycles. The van der Waals surface area contributed by atoms with E-state index in [9.17, 15) is 4.79 Å². The SMILES string of the molecule is CSCCCn1cnc(Cl)c(I)c1=O. The van der Waals surface area contributed by atoms with E-state index < -0.39 is 0 Å². The summed E-state index contributed by atoms with van der Waals surface area (Å²) in [6.07, 6.45) is 4.53. The third-order valence-electron chi connectivity index (χ3n) is 1.69. The highest BCUT2D eigenvalue weighted by Gasteiger charge is 2.05. The highest BCUT2D eigenvalue weighted by atomic mass is 127. The van der Waals surface area contributed by atoms with Crippen LogP contribution in [0.15, 0.2) is 11.1 Å². The number of halogens is 2. The average Bonchev–Trinajstić information content (AvgIpc) is 2.18. The minimum Gasteiger partial charge on any atom is -0.298 e. The zero-order valence-electron chi connectivity index (χ0n) is 7.67. The van der Waals surface area contributed by atoms with Gasteiger partial charge in [0, 0.05) is 6.54 Å². The molecule has 1 rings (SSSR count). The smallest absolute Gasteiger partial charge is 0.268 e. The molecule has 1 heterocycles. The van der Waals surface area contributed by atoms with Crippen molar-refractivity contribution in [2.45, 2.75) is 13.0 Å². The van der Waals surface area contributed by atoms with Gasteiger partial charge in [-0.25, -0.2) is 4.98 Å². The van der Waals surface area contributed by atoms with E-state index in [4.69, 9.17) is 11.6 Å². The molecular formula is C8H10ClIN2OS. The Labute approximate surface area is 105 Å². The fraction of sp³-hybridized carbons (Fsp3) is 0.500. The topological polar surface area (TPSA) is 34.9 Å². The zero-order valence-corrected chi connectivity index (χ0v) is 11.4. The fourth-order valence-electron chi connectivity index (χ4n) is 0.982. The van der Waals surface area contributed by atoms with Crippen molar-refractivity contribution < 1.29 is 0 Å². The maximum Gasteiger partial charge on any atom is 0.268 e. The van der Waals surface area contributed by atoms with Gasteiger partial charge in [-0.2, -0.15) is 11.8 Å². The van der Waals surface area contributed by atoms with E-state index in [0.717, 1.165) is 12.2 Å². The first kappa shape index (κ1) is 12.3. The third kappa shape index (κ3) is 3.13. The van der Waals surface area contributed by atoms with Crippen LogP contribution >= 0.6 is 46.0 Å². The Kier molecular flexibility index (Phi) is 5.25. The summed E-state index contributed by atoms with van der Waals surface area (Å²) in [6, 6.07) is 0. The van der Waals surface area contributed by atoms with Crippen molar-refractivity contribution in [2.75, 3.05) is 12.0 Å². The molecule has 0 unspecified atom stereocenters. The number of hydrogen-bond acceptors (Lipinski definition) is 3. The Hall–Kier alpha value is 0.250. The quantitative estimate of drug-likeness (QED) is 0.477. The molecule has 0 aliphatic carbocycles. The molecule has 0 saturated carbocycles. The molecule has 1 aromatic rings. The molecule has 0 aromatic carbocycles. The molecule has 78 valence electrons. The summed E-state index contributed by atoms with van der Waals surface area (Å²) in [6.45, 7) is 0.708. The maximum absolute atomic E-state index is 11.6. The van der Waals surface area contributed by atoms with Gasteiger partial charge in [-0.15, -0.1) is 0 Å². The van der Waals surface area contributed by atoms with Crippen molar-refractivity contribution in [3.8, 4) is 0 Å². The molecule has 0 atom stereocenters. The first-order valence-electron chi connectivity index (χ1n) is 4.06. The number of thioether (sulfide) groups is 1. The van der Waals surface area contributed by atoms with Gasteiger partial charge in [-0.3, -0.25) is 9.36 Å². The molecule has 3 nitrogen and oxygen atoms in total. The van der Waals surface area contributed by atoms with Gasteiger partial charge in [-0.05, 0) is 41.0 Å². The van der Waals surface area contributed by atoms with Crippen molar-refractivity contribution in [2.24, 2.45) is 0 Å². The first-order valence-corrected chi connectivity index (χ1v) is 6.91. The summed E-state index contributed by atoms with van der Waals surface area (Å²) in [7, 11) is 0. The van der Waals surface area contributed by atoms with Crippen LogP contribution in [0.25, 0.3) is 0 Å². The van der Waals surface area contributed by atoms with Crippen LogP contribution in [-0.4, -0.2) is 21.6 Å². The van der Waals surface area contributed by atoms with E-state index in [1.165, 1.54) is 6.33 Å². The van der Waals surface area contributed by atoms with E-state index in [1.807, 2.05) is 28.8 Å². The van der Waals surface area contributed by atoms with Crippen LogP contribution in [0.1, 0.15) is 6.42 Å². The second-order valence-electron chi connectivity index (χ2n) is 2.69. The van der Waals surface area contributed by atoms with Crippen LogP contribution < -0.4 is 5.56 Å². The van der Waals surface area contributed by atoms with Crippen LogP contribution in [0, 0.1) is 3.57 Å². The number of nitrogens with zero attached hydrogens (tertiary/aromatic N) is 2. The molecule has 0 aliphatic rings. The molecule has 0 N–H and O–H groups in total. The van der Waals surface area contributed by atoms with Gasteiger partial charge in [0.05, 0.1) is 6.33 Å². The van der Waals surface area contributed by atoms with Crippen LogP contribution in [0.3, 0.4) is 0 Å². The monoisotopic (exact) mass is 344 g/mol. The van der Waals surface area contributed by atoms with Gasteiger partial charge in [0.1, 0.15) is 8.72 Å². The third-order valence-corrected chi connectivity index (χ3v) is 3.96. The van der Waals surface area contributed by atoms with Gasteiger partial charge in [0.2, 0.25) is 0 Å². The highest BCUT2D eigenvalue weighted by molar-refractivity contribution is 14.1. The van der Waals surface area contributed by atoms with Gasteiger partial charge in [0.15, 0.2) is 0 Å². The summed E-state index contributed by atoms with van der Waals surface area (Å²) < 4.78 is 2.10. The van der Waals surface area contributed by atoms with Gasteiger partial charge < -0.3 is 0 Å². The van der Waals surface area contributed by atoms with Crippen LogP contribution in [0.5, 0.6) is 0 Å². The Morgan fingerprint density at radius 3 is 3.07 bits per heavy atom. The van der Waals surface area contributed by atoms with Gasteiger partial charge in [-0.1, -0.05) is 11.6 Å². The fourth-order valence-corrected chi connectivity index (χ4v) is 1.97. The highest BCUT2D eigenvalue weighted by Crippen LogP contribution is 2.09. The normalized spacial score (nSPS) is 10.5. The molecule has 0 spiro atoms. The lowest BCUT2D eigenvalue weighted by Gasteiger charge is -2.04. The summed E-state index contributed by atoms with van der Waals surface area (Å²) in [4.78, 5) is 15.5. The molecule has 6 heteroatoms. The summed E-state index contributed by atoms with van der Waals surface area (Å²) in [5, 5.41) is 0.289. The minimum atomic E-state index is -0.0493. The number of hydrogen-bond donors (Lipinski definition) is 0. The lowest BCUT2D eigenvalue weighted by atomic mass is 10.4. The van der Waals surface area contributed by atoms with Crippen LogP contribution in [0.4, 0.5) is 0 Å². The predicted molar refractivity (Wildman–Crippen MR) is 69.2 cm³/mol. The number of aromatic nitrogens is 2. The van der Waals surface area contributed by atoms with Crippen molar-refractivity contribution >= 4 is 46.0 Å². The molecule has 0 amide bonds. The second-order valence-corrected chi connectivity index (χ2v) is 5.12. The first-order chi connectivity index (χ1) is 6.66. The number of aryl methyl sites for hydroxylation is 1. The van der Waals surface area contributed by atoms with Gasteiger partial charge >= 0.3 is 0 Å². The Balaban J connectivity index is 2.79. The molecular weight excluding hydrogens is 335 g/mol. The van der Waals surface area contributed by atoms with Crippen LogP contribution in [-0.2, 0) is 6.54 Å². The molecule has 0 fully saturated rings. The van der Waals surface area contributed by atoms with E-state index in [-0.39, 0.29) is 10.7 Å². The van der Waals surface area contributed by atoms with E-state index in [2.05, 4.69) is 4.98 Å².